The molecule has 0 aliphatic carbocycles. The summed E-state index contributed by atoms with van der Waals surface area (Å²) in [6, 6.07) is 5.41. The van der Waals surface area contributed by atoms with Gasteiger partial charge in [0.2, 0.25) is 0 Å². The minimum Gasteiger partial charge on any atom is -0.466 e. The number of carbonyl (C=O) groups is 1. The zero-order chi connectivity index (χ0) is 12.8. The Hall–Kier alpha value is -2.21. The number of nitrogens with zero attached hydrogens (tertiary/aromatic N) is 1. The molecule has 0 aromatic heterocycles. The highest BCUT2D eigenvalue weighted by Gasteiger charge is 2.08. The molecule has 1 aromatic rings. The van der Waals surface area contributed by atoms with Gasteiger partial charge in [-0.05, 0) is 23.8 Å². The highest BCUT2D eigenvalue weighted by Crippen LogP contribution is 2.18. The number of aliphatic hydroxyl groups is 1. The van der Waals surface area contributed by atoms with Gasteiger partial charge < -0.3 is 9.84 Å². The smallest absolute Gasteiger partial charge is 0.330 e. The van der Waals surface area contributed by atoms with Gasteiger partial charge in [0.1, 0.15) is 0 Å². The van der Waals surface area contributed by atoms with Crippen molar-refractivity contribution in [3.8, 4) is 0 Å². The summed E-state index contributed by atoms with van der Waals surface area (Å²) >= 11 is 0. The van der Waals surface area contributed by atoms with Crippen LogP contribution in [0.4, 0.5) is 5.69 Å². The molecule has 1 atom stereocenters. The molecular formula is C11H11NO5. The number of esters is 1. The fraction of sp³-hybridized carbons (Fsp3) is 0.182. The molecular weight excluding hydrogens is 226 g/mol. The largest absolute Gasteiger partial charge is 0.466 e. The number of benzene rings is 1. The number of ether oxygens (including phenoxy) is 1. The average molecular weight is 237 g/mol. The lowest BCUT2D eigenvalue weighted by atomic mass is 10.1. The van der Waals surface area contributed by atoms with Crippen LogP contribution in [0.2, 0.25) is 0 Å². The lowest BCUT2D eigenvalue weighted by Gasteiger charge is -2.04. The van der Waals surface area contributed by atoms with Gasteiger partial charge in [0.15, 0.2) is 0 Å². The van der Waals surface area contributed by atoms with E-state index in [0.29, 0.717) is 5.56 Å². The third-order valence-electron chi connectivity index (χ3n) is 2.06. The molecule has 0 bridgehead atoms. The van der Waals surface area contributed by atoms with Crippen LogP contribution in [-0.4, -0.2) is 23.1 Å². The Labute approximate surface area is 97.3 Å². The molecule has 1 N–H and O–H groups in total. The first-order valence-corrected chi connectivity index (χ1v) is 4.73. The fourth-order valence-corrected chi connectivity index (χ4v) is 1.14. The van der Waals surface area contributed by atoms with E-state index < -0.39 is 17.0 Å². The first-order valence-electron chi connectivity index (χ1n) is 4.73. The van der Waals surface area contributed by atoms with E-state index in [4.69, 9.17) is 0 Å². The van der Waals surface area contributed by atoms with Crippen molar-refractivity contribution in [1.29, 1.82) is 0 Å². The quantitative estimate of drug-likeness (QED) is 0.369. The molecule has 0 spiro atoms. The number of nitro benzene ring substituents is 1. The Bertz CT molecular complexity index is 438. The molecule has 0 aliphatic heterocycles. The molecule has 6 heteroatoms. The molecule has 0 radical (unpaired) electrons. The van der Waals surface area contributed by atoms with Gasteiger partial charge in [-0.15, -0.1) is 0 Å². The van der Waals surface area contributed by atoms with Crippen LogP contribution < -0.4 is 0 Å². The fourth-order valence-electron chi connectivity index (χ4n) is 1.14. The summed E-state index contributed by atoms with van der Waals surface area (Å²) in [5, 5.41) is 20.0. The number of hydrogen-bond donors (Lipinski definition) is 1. The summed E-state index contributed by atoms with van der Waals surface area (Å²) in [4.78, 5) is 20.7. The molecule has 6 nitrogen and oxygen atoms in total. The van der Waals surface area contributed by atoms with E-state index in [-0.39, 0.29) is 5.69 Å². The maximum Gasteiger partial charge on any atom is 0.330 e. The van der Waals surface area contributed by atoms with Crippen LogP contribution in [0.25, 0.3) is 0 Å². The van der Waals surface area contributed by atoms with Gasteiger partial charge in [0.05, 0.1) is 18.1 Å². The van der Waals surface area contributed by atoms with Crippen LogP contribution in [0.1, 0.15) is 11.7 Å². The van der Waals surface area contributed by atoms with Crippen molar-refractivity contribution < 1.29 is 19.6 Å². The van der Waals surface area contributed by atoms with Crippen LogP contribution in [-0.2, 0) is 9.53 Å². The van der Waals surface area contributed by atoms with E-state index in [0.717, 1.165) is 6.08 Å². The minimum atomic E-state index is -1.00. The molecule has 1 rings (SSSR count). The second kappa shape index (κ2) is 5.76. The monoisotopic (exact) mass is 237 g/mol. The lowest BCUT2D eigenvalue weighted by Crippen LogP contribution is -1.98. The van der Waals surface area contributed by atoms with Crippen molar-refractivity contribution in [2.45, 2.75) is 6.10 Å². The van der Waals surface area contributed by atoms with Crippen LogP contribution >= 0.6 is 0 Å². The number of hydrogen-bond acceptors (Lipinski definition) is 5. The van der Waals surface area contributed by atoms with Gasteiger partial charge in [0.25, 0.3) is 5.69 Å². The number of non-ortho nitro benzene ring substituents is 1. The van der Waals surface area contributed by atoms with E-state index in [9.17, 15) is 20.0 Å². The molecule has 0 saturated carbocycles. The number of carbonyl (C=O) groups excluding carboxylic acids is 1. The van der Waals surface area contributed by atoms with Gasteiger partial charge >= 0.3 is 5.97 Å². The predicted molar refractivity (Wildman–Crippen MR) is 59.2 cm³/mol. The minimum absolute atomic E-state index is 0.0575. The second-order valence-electron chi connectivity index (χ2n) is 3.18. The summed E-state index contributed by atoms with van der Waals surface area (Å²) in [5.41, 5.74) is 0.397. The molecule has 0 fully saturated rings. The first-order chi connectivity index (χ1) is 8.04. The molecule has 0 saturated heterocycles. The lowest BCUT2D eigenvalue weighted by molar-refractivity contribution is -0.384. The second-order valence-corrected chi connectivity index (χ2v) is 3.18. The van der Waals surface area contributed by atoms with E-state index in [1.54, 1.807) is 0 Å². The van der Waals surface area contributed by atoms with Gasteiger partial charge in [-0.3, -0.25) is 10.1 Å². The van der Waals surface area contributed by atoms with E-state index in [2.05, 4.69) is 4.74 Å². The normalized spacial score (nSPS) is 12.4. The third-order valence-corrected chi connectivity index (χ3v) is 2.06. The molecule has 0 heterocycles. The number of rotatable bonds is 4. The van der Waals surface area contributed by atoms with Crippen LogP contribution in [0, 0.1) is 10.1 Å². The summed E-state index contributed by atoms with van der Waals surface area (Å²) in [5.74, 6) is -0.578. The molecule has 0 amide bonds. The maximum absolute atomic E-state index is 10.8. The highest BCUT2D eigenvalue weighted by atomic mass is 16.6. The van der Waals surface area contributed by atoms with Crippen molar-refractivity contribution in [1.82, 2.24) is 0 Å². The maximum atomic E-state index is 10.8. The van der Waals surface area contributed by atoms with Gasteiger partial charge in [0, 0.05) is 18.2 Å². The Balaban J connectivity index is 2.76. The van der Waals surface area contributed by atoms with Crippen molar-refractivity contribution >= 4 is 11.7 Å². The topological polar surface area (TPSA) is 89.7 Å². The van der Waals surface area contributed by atoms with E-state index in [1.165, 1.54) is 37.5 Å². The zero-order valence-electron chi connectivity index (χ0n) is 9.07. The van der Waals surface area contributed by atoms with Crippen LogP contribution in [0.3, 0.4) is 0 Å². The van der Waals surface area contributed by atoms with Crippen molar-refractivity contribution in [3.63, 3.8) is 0 Å². The molecule has 1 unspecified atom stereocenters. The first kappa shape index (κ1) is 12.9. The predicted octanol–water partition coefficient (Wildman–Crippen LogP) is 1.36. The standard InChI is InChI=1S/C11H11NO5/c1-17-11(14)7-6-10(13)8-2-4-9(5-3-8)12(15)16/h2-7,10,13H,1H3/b7-6+. The average Bonchev–Trinajstić information content (AvgIpc) is 2.35. The SMILES string of the molecule is COC(=O)/C=C/C(O)c1ccc([N+](=O)[O-])cc1. The van der Waals surface area contributed by atoms with Crippen LogP contribution in [0.5, 0.6) is 0 Å². The van der Waals surface area contributed by atoms with Gasteiger partial charge in [-0.1, -0.05) is 0 Å². The van der Waals surface area contributed by atoms with Crippen molar-refractivity contribution in [2.24, 2.45) is 0 Å². The number of nitro groups is 1. The molecule has 17 heavy (non-hydrogen) atoms. The Morgan fingerprint density at radius 1 is 1.47 bits per heavy atom. The Morgan fingerprint density at radius 3 is 2.53 bits per heavy atom. The van der Waals surface area contributed by atoms with Gasteiger partial charge in [-0.2, -0.15) is 0 Å². The number of methoxy groups -OCH3 is 1. The van der Waals surface area contributed by atoms with Crippen molar-refractivity contribution in [3.05, 3.63) is 52.1 Å². The third kappa shape index (κ3) is 3.69. The van der Waals surface area contributed by atoms with E-state index in [1.807, 2.05) is 0 Å². The van der Waals surface area contributed by atoms with Crippen LogP contribution in [0.15, 0.2) is 36.4 Å². The highest BCUT2D eigenvalue weighted by molar-refractivity contribution is 5.81. The summed E-state index contributed by atoms with van der Waals surface area (Å²) in [7, 11) is 1.23. The Morgan fingerprint density at radius 2 is 2.06 bits per heavy atom. The van der Waals surface area contributed by atoms with Gasteiger partial charge in [-0.25, -0.2) is 4.79 Å². The molecule has 0 aliphatic rings. The summed E-state index contributed by atoms with van der Waals surface area (Å²) < 4.78 is 4.36. The summed E-state index contributed by atoms with van der Waals surface area (Å²) in [6.07, 6.45) is 1.33. The summed E-state index contributed by atoms with van der Waals surface area (Å²) in [6.45, 7) is 0. The molecule has 1 aromatic carbocycles. The molecule has 90 valence electrons. The van der Waals surface area contributed by atoms with E-state index >= 15 is 0 Å². The number of aliphatic hydroxyl groups excluding tert-OH is 1. The zero-order valence-corrected chi connectivity index (χ0v) is 9.07. The van der Waals surface area contributed by atoms with Crippen molar-refractivity contribution in [2.75, 3.05) is 7.11 Å². The Kier molecular flexibility index (Phi) is 4.36.